The Kier molecular flexibility index (Phi) is 5.04. The second kappa shape index (κ2) is 7.21. The molecule has 126 valence electrons. The summed E-state index contributed by atoms with van der Waals surface area (Å²) in [4.78, 5) is 12.3. The lowest BCUT2D eigenvalue weighted by Gasteiger charge is -2.18. The second-order valence-corrected chi connectivity index (χ2v) is 6.40. The van der Waals surface area contributed by atoms with Crippen molar-refractivity contribution in [3.05, 3.63) is 57.8 Å². The number of benzene rings is 2. The Morgan fingerprint density at radius 3 is 2.58 bits per heavy atom. The average molecular weight is 394 g/mol. The highest BCUT2D eigenvalue weighted by Gasteiger charge is 2.20. The van der Waals surface area contributed by atoms with Gasteiger partial charge in [-0.2, -0.15) is 0 Å². The van der Waals surface area contributed by atoms with Crippen molar-refractivity contribution in [2.24, 2.45) is 0 Å². The summed E-state index contributed by atoms with van der Waals surface area (Å²) in [6, 6.07) is 9.26. The van der Waals surface area contributed by atoms with Crippen LogP contribution >= 0.6 is 15.9 Å². The summed E-state index contributed by atoms with van der Waals surface area (Å²) in [5.74, 6) is 0.327. The van der Waals surface area contributed by atoms with E-state index in [1.54, 1.807) is 12.1 Å². The molecule has 3 rings (SSSR count). The van der Waals surface area contributed by atoms with Gasteiger partial charge in [0.25, 0.3) is 5.91 Å². The average Bonchev–Trinajstić information content (AvgIpc) is 2.79. The van der Waals surface area contributed by atoms with Gasteiger partial charge in [0.15, 0.2) is 11.5 Å². The number of carbonyl (C=O) groups excluding carboxylic acids is 1. The van der Waals surface area contributed by atoms with Crippen LogP contribution in [0.25, 0.3) is 0 Å². The van der Waals surface area contributed by atoms with E-state index in [1.165, 1.54) is 12.1 Å². The lowest BCUT2D eigenvalue weighted by molar-refractivity contribution is 0.0935. The first-order valence-corrected chi connectivity index (χ1v) is 8.50. The van der Waals surface area contributed by atoms with Crippen molar-refractivity contribution in [1.29, 1.82) is 0 Å². The smallest absolute Gasteiger partial charge is 0.254 e. The largest absolute Gasteiger partial charge is 0.490 e. The molecule has 2 aromatic carbocycles. The van der Waals surface area contributed by atoms with Crippen LogP contribution in [0.5, 0.6) is 11.5 Å². The highest BCUT2D eigenvalue weighted by molar-refractivity contribution is 9.10. The summed E-state index contributed by atoms with van der Waals surface area (Å²) in [5, 5.41) is 2.81. The molecule has 1 N–H and O–H groups in total. The third-order valence-corrected chi connectivity index (χ3v) is 4.49. The van der Waals surface area contributed by atoms with Gasteiger partial charge in [-0.1, -0.05) is 28.1 Å². The monoisotopic (exact) mass is 393 g/mol. The van der Waals surface area contributed by atoms with Crippen molar-refractivity contribution in [1.82, 2.24) is 5.32 Å². The van der Waals surface area contributed by atoms with E-state index in [9.17, 15) is 9.18 Å². The fourth-order valence-corrected chi connectivity index (χ4v) is 3.19. The molecule has 1 heterocycles. The second-order valence-electron chi connectivity index (χ2n) is 5.55. The summed E-state index contributed by atoms with van der Waals surface area (Å²) in [7, 11) is 0. The van der Waals surface area contributed by atoms with Gasteiger partial charge in [0.2, 0.25) is 0 Å². The van der Waals surface area contributed by atoms with Crippen molar-refractivity contribution in [2.75, 3.05) is 13.2 Å². The quantitative estimate of drug-likeness (QED) is 0.847. The molecule has 2 aromatic rings. The molecule has 1 amide bonds. The zero-order valence-corrected chi connectivity index (χ0v) is 14.7. The Bertz CT molecular complexity index is 766. The molecule has 1 unspecified atom stereocenters. The Morgan fingerprint density at radius 1 is 1.21 bits per heavy atom. The van der Waals surface area contributed by atoms with E-state index in [0.29, 0.717) is 24.7 Å². The first-order chi connectivity index (χ1) is 11.6. The van der Waals surface area contributed by atoms with E-state index in [2.05, 4.69) is 21.2 Å². The molecule has 0 fully saturated rings. The number of hydrogen-bond donors (Lipinski definition) is 1. The molecule has 1 atom stereocenters. The number of ether oxygens (including phenoxy) is 2. The highest BCUT2D eigenvalue weighted by Crippen LogP contribution is 2.37. The van der Waals surface area contributed by atoms with Crippen LogP contribution in [0.3, 0.4) is 0 Å². The van der Waals surface area contributed by atoms with Gasteiger partial charge in [0, 0.05) is 10.9 Å². The molecule has 6 heteroatoms. The van der Waals surface area contributed by atoms with E-state index in [-0.39, 0.29) is 11.6 Å². The highest BCUT2D eigenvalue weighted by atomic mass is 79.9. The minimum atomic E-state index is -0.542. The van der Waals surface area contributed by atoms with Gasteiger partial charge in [0.1, 0.15) is 5.82 Å². The maximum atomic E-state index is 13.7. The Hall–Kier alpha value is -2.08. The fourth-order valence-electron chi connectivity index (χ4n) is 2.53. The minimum Gasteiger partial charge on any atom is -0.490 e. The molecule has 4 nitrogen and oxygen atoms in total. The van der Waals surface area contributed by atoms with Gasteiger partial charge in [-0.25, -0.2) is 4.39 Å². The zero-order chi connectivity index (χ0) is 17.1. The van der Waals surface area contributed by atoms with E-state index >= 15 is 0 Å². The van der Waals surface area contributed by atoms with Crippen molar-refractivity contribution >= 4 is 21.8 Å². The predicted octanol–water partition coefficient (Wildman–Crippen LogP) is 4.24. The summed E-state index contributed by atoms with van der Waals surface area (Å²) >= 11 is 3.50. The molecule has 0 aliphatic carbocycles. The predicted molar refractivity (Wildman–Crippen MR) is 92.0 cm³/mol. The van der Waals surface area contributed by atoms with E-state index < -0.39 is 11.7 Å². The number of halogens is 2. The van der Waals surface area contributed by atoms with Gasteiger partial charge < -0.3 is 14.8 Å². The van der Waals surface area contributed by atoms with Crippen LogP contribution in [0.4, 0.5) is 4.39 Å². The molecule has 0 saturated heterocycles. The van der Waals surface area contributed by atoms with Crippen molar-refractivity contribution in [3.8, 4) is 11.5 Å². The number of amides is 1. The van der Waals surface area contributed by atoms with Crippen LogP contribution in [0.15, 0.2) is 40.9 Å². The first kappa shape index (κ1) is 16.8. The van der Waals surface area contributed by atoms with E-state index in [4.69, 9.17) is 9.47 Å². The van der Waals surface area contributed by atoms with Crippen LogP contribution in [0.2, 0.25) is 0 Å². The van der Waals surface area contributed by atoms with E-state index in [0.717, 1.165) is 16.5 Å². The maximum Gasteiger partial charge on any atom is 0.254 e. The van der Waals surface area contributed by atoms with Gasteiger partial charge in [-0.05, 0) is 36.8 Å². The molecule has 24 heavy (non-hydrogen) atoms. The maximum absolute atomic E-state index is 13.7. The molecule has 1 aliphatic rings. The topological polar surface area (TPSA) is 47.6 Å². The normalized spacial score (nSPS) is 14.6. The minimum absolute atomic E-state index is 0.0230. The SMILES string of the molecule is CC(NC(=O)c1ccccc1F)c1cc2c(cc1Br)OCCCO2. The lowest BCUT2D eigenvalue weighted by Crippen LogP contribution is -2.27. The van der Waals surface area contributed by atoms with E-state index in [1.807, 2.05) is 19.1 Å². The zero-order valence-electron chi connectivity index (χ0n) is 13.1. The summed E-state index contributed by atoms with van der Waals surface area (Å²) in [5.41, 5.74) is 0.860. The van der Waals surface area contributed by atoms with Crippen LogP contribution in [0, 0.1) is 5.82 Å². The van der Waals surface area contributed by atoms with Crippen LogP contribution in [0.1, 0.15) is 35.3 Å². The van der Waals surface area contributed by atoms with Crippen molar-refractivity contribution in [2.45, 2.75) is 19.4 Å². The summed E-state index contributed by atoms with van der Waals surface area (Å²) in [6.07, 6.45) is 0.821. The molecular weight excluding hydrogens is 377 g/mol. The van der Waals surface area contributed by atoms with Crippen molar-refractivity contribution in [3.63, 3.8) is 0 Å². The molecule has 0 radical (unpaired) electrons. The molecular formula is C18H17BrFNO3. The van der Waals surface area contributed by atoms with Crippen LogP contribution in [-0.4, -0.2) is 19.1 Å². The number of hydrogen-bond acceptors (Lipinski definition) is 3. The lowest BCUT2D eigenvalue weighted by atomic mass is 10.1. The summed E-state index contributed by atoms with van der Waals surface area (Å²) < 4.78 is 25.9. The Morgan fingerprint density at radius 2 is 1.88 bits per heavy atom. The number of fused-ring (bicyclic) bond motifs is 1. The number of carbonyl (C=O) groups is 1. The molecule has 1 aliphatic heterocycles. The number of nitrogens with one attached hydrogen (secondary N) is 1. The van der Waals surface area contributed by atoms with Crippen LogP contribution in [-0.2, 0) is 0 Å². The molecule has 0 spiro atoms. The Labute approximate surface area is 148 Å². The van der Waals surface area contributed by atoms with Gasteiger partial charge >= 0.3 is 0 Å². The third kappa shape index (κ3) is 3.53. The third-order valence-electron chi connectivity index (χ3n) is 3.80. The Balaban J connectivity index is 1.82. The van der Waals surface area contributed by atoms with Gasteiger partial charge in [-0.15, -0.1) is 0 Å². The first-order valence-electron chi connectivity index (χ1n) is 7.70. The molecule has 0 aromatic heterocycles. The van der Waals surface area contributed by atoms with Gasteiger partial charge in [0.05, 0.1) is 24.8 Å². The van der Waals surface area contributed by atoms with Gasteiger partial charge in [-0.3, -0.25) is 4.79 Å². The number of rotatable bonds is 3. The molecule has 0 bridgehead atoms. The summed E-state index contributed by atoms with van der Waals surface area (Å²) in [6.45, 7) is 3.03. The van der Waals surface area contributed by atoms with Crippen molar-refractivity contribution < 1.29 is 18.7 Å². The fraction of sp³-hybridized carbons (Fsp3) is 0.278. The molecule has 0 saturated carbocycles. The van der Waals surface area contributed by atoms with Crippen LogP contribution < -0.4 is 14.8 Å². The standard InChI is InChI=1S/C18H17BrFNO3/c1-11(21-18(22)12-5-2-3-6-15(12)20)13-9-16-17(10-14(13)19)24-8-4-7-23-16/h2-3,5-6,9-11H,4,7-8H2,1H3,(H,21,22).